The lowest BCUT2D eigenvalue weighted by molar-refractivity contribution is 1.36. The van der Waals surface area contributed by atoms with Crippen molar-refractivity contribution < 1.29 is 0 Å². The van der Waals surface area contributed by atoms with Crippen molar-refractivity contribution in [1.29, 1.82) is 0 Å². The standard InChI is InChI=1S/C18H18Cl2N2/c1-22-8-7-16(12-21)14-4-2-3-13(9-14)15-5-6-17(19)11-18(20)10-15/h2-4,6,8-12H,5,7,21H2,1H3/b16-12+,22-8?. The summed E-state index contributed by atoms with van der Waals surface area (Å²) in [4.78, 5) is 4.01. The summed E-state index contributed by atoms with van der Waals surface area (Å²) in [5.74, 6) is 0. The third-order valence-electron chi connectivity index (χ3n) is 3.40. The van der Waals surface area contributed by atoms with Gasteiger partial charge in [-0.2, -0.15) is 0 Å². The number of nitrogens with zero attached hydrogens (tertiary/aromatic N) is 1. The zero-order chi connectivity index (χ0) is 15.9. The molecule has 0 atom stereocenters. The lowest BCUT2D eigenvalue weighted by atomic mass is 9.96. The molecule has 1 aliphatic rings. The molecule has 0 bridgehead atoms. The van der Waals surface area contributed by atoms with E-state index < -0.39 is 0 Å². The number of nitrogens with two attached hydrogens (primary N) is 1. The molecule has 0 unspecified atom stereocenters. The summed E-state index contributed by atoms with van der Waals surface area (Å²) in [5, 5.41) is 1.29. The molecule has 0 radical (unpaired) electrons. The smallest absolute Gasteiger partial charge is 0.0423 e. The average Bonchev–Trinajstić information content (AvgIpc) is 2.69. The molecule has 114 valence electrons. The summed E-state index contributed by atoms with van der Waals surface area (Å²) >= 11 is 12.2. The van der Waals surface area contributed by atoms with Crippen LogP contribution in [0.3, 0.4) is 0 Å². The van der Waals surface area contributed by atoms with Crippen molar-refractivity contribution >= 4 is 40.6 Å². The number of allylic oxidation sites excluding steroid dienone is 7. The van der Waals surface area contributed by atoms with Gasteiger partial charge in [0.1, 0.15) is 0 Å². The molecule has 2 N–H and O–H groups in total. The van der Waals surface area contributed by atoms with Gasteiger partial charge in [-0.05, 0) is 53.1 Å². The summed E-state index contributed by atoms with van der Waals surface area (Å²) in [7, 11) is 1.76. The highest BCUT2D eigenvalue weighted by Crippen LogP contribution is 2.29. The molecule has 0 heterocycles. The van der Waals surface area contributed by atoms with Gasteiger partial charge >= 0.3 is 0 Å². The predicted molar refractivity (Wildman–Crippen MR) is 98.1 cm³/mol. The molecule has 22 heavy (non-hydrogen) atoms. The summed E-state index contributed by atoms with van der Waals surface area (Å²) in [6.45, 7) is 0. The Labute approximate surface area is 141 Å². The minimum absolute atomic E-state index is 0.631. The monoisotopic (exact) mass is 332 g/mol. The van der Waals surface area contributed by atoms with Crippen molar-refractivity contribution in [2.24, 2.45) is 10.7 Å². The molecular formula is C18H18Cl2N2. The van der Waals surface area contributed by atoms with Crippen molar-refractivity contribution in [3.63, 3.8) is 0 Å². The maximum absolute atomic E-state index is 6.17. The maximum atomic E-state index is 6.17. The number of rotatable bonds is 4. The Morgan fingerprint density at radius 2 is 2.09 bits per heavy atom. The van der Waals surface area contributed by atoms with E-state index in [9.17, 15) is 0 Å². The summed E-state index contributed by atoms with van der Waals surface area (Å²) in [6.07, 6.45) is 10.6. The van der Waals surface area contributed by atoms with Crippen LogP contribution in [0.4, 0.5) is 0 Å². The van der Waals surface area contributed by atoms with Crippen molar-refractivity contribution in [1.82, 2.24) is 0 Å². The second-order valence-corrected chi connectivity index (χ2v) is 5.78. The minimum atomic E-state index is 0.631. The average molecular weight is 333 g/mol. The second-order valence-electron chi connectivity index (χ2n) is 4.91. The van der Waals surface area contributed by atoms with Crippen LogP contribution >= 0.6 is 23.2 Å². The largest absolute Gasteiger partial charge is 0.404 e. The quantitative estimate of drug-likeness (QED) is 0.764. The van der Waals surface area contributed by atoms with Crippen LogP contribution in [0.2, 0.25) is 0 Å². The number of hydrogen-bond acceptors (Lipinski definition) is 2. The Morgan fingerprint density at radius 1 is 1.27 bits per heavy atom. The number of hydrogen-bond donors (Lipinski definition) is 1. The highest BCUT2D eigenvalue weighted by Gasteiger charge is 2.08. The number of benzene rings is 1. The first-order chi connectivity index (χ1) is 10.6. The van der Waals surface area contributed by atoms with E-state index in [4.69, 9.17) is 28.9 Å². The molecule has 0 saturated carbocycles. The van der Waals surface area contributed by atoms with Gasteiger partial charge in [-0.25, -0.2) is 0 Å². The fourth-order valence-corrected chi connectivity index (χ4v) is 2.76. The lowest BCUT2D eigenvalue weighted by Crippen LogP contribution is -1.93. The molecule has 0 spiro atoms. The fourth-order valence-electron chi connectivity index (χ4n) is 2.26. The van der Waals surface area contributed by atoms with Gasteiger partial charge in [0.2, 0.25) is 0 Å². The maximum Gasteiger partial charge on any atom is 0.0423 e. The molecule has 1 aromatic rings. The van der Waals surface area contributed by atoms with E-state index in [1.807, 2.05) is 30.5 Å². The van der Waals surface area contributed by atoms with Gasteiger partial charge in [-0.3, -0.25) is 0 Å². The van der Waals surface area contributed by atoms with Crippen molar-refractivity contribution in [2.75, 3.05) is 7.05 Å². The van der Waals surface area contributed by atoms with E-state index in [0.717, 1.165) is 28.7 Å². The van der Waals surface area contributed by atoms with Crippen molar-refractivity contribution in [3.05, 3.63) is 69.9 Å². The third kappa shape index (κ3) is 4.36. The van der Waals surface area contributed by atoms with Crippen LogP contribution in [-0.4, -0.2) is 13.3 Å². The number of aliphatic imine (C=N–C) groups is 1. The highest BCUT2D eigenvalue weighted by molar-refractivity contribution is 6.36. The van der Waals surface area contributed by atoms with Crippen molar-refractivity contribution in [3.8, 4) is 0 Å². The summed E-state index contributed by atoms with van der Waals surface area (Å²) in [6, 6.07) is 8.25. The van der Waals surface area contributed by atoms with E-state index in [0.29, 0.717) is 16.5 Å². The third-order valence-corrected chi connectivity index (χ3v) is 3.89. The van der Waals surface area contributed by atoms with E-state index >= 15 is 0 Å². The molecule has 0 aromatic heterocycles. The van der Waals surface area contributed by atoms with Crippen LogP contribution in [0.5, 0.6) is 0 Å². The van der Waals surface area contributed by atoms with Crippen LogP contribution in [0.1, 0.15) is 24.0 Å². The fraction of sp³-hybridized carbons (Fsp3) is 0.167. The van der Waals surface area contributed by atoms with E-state index in [1.54, 1.807) is 19.3 Å². The Bertz CT molecular complexity index is 695. The molecule has 1 aliphatic carbocycles. The summed E-state index contributed by atoms with van der Waals surface area (Å²) in [5.41, 5.74) is 10.1. The van der Waals surface area contributed by atoms with Gasteiger partial charge in [0.05, 0.1) is 0 Å². The molecule has 0 saturated heterocycles. The highest BCUT2D eigenvalue weighted by atomic mass is 35.5. The van der Waals surface area contributed by atoms with Crippen LogP contribution in [-0.2, 0) is 0 Å². The van der Waals surface area contributed by atoms with Gasteiger partial charge in [-0.15, -0.1) is 0 Å². The SMILES string of the molecule is CN=CC/C(=C\N)c1cccc(C2=CC(Cl)=CC(Cl)=CC2)c1. The molecule has 4 heteroatoms. The van der Waals surface area contributed by atoms with Gasteiger partial charge < -0.3 is 10.7 Å². The van der Waals surface area contributed by atoms with Crippen LogP contribution in [0.15, 0.2) is 63.8 Å². The molecule has 2 rings (SSSR count). The topological polar surface area (TPSA) is 38.4 Å². The molecule has 2 nitrogen and oxygen atoms in total. The Morgan fingerprint density at radius 3 is 2.82 bits per heavy atom. The second kappa shape index (κ2) is 8.02. The predicted octanol–water partition coefficient (Wildman–Crippen LogP) is 5.11. The van der Waals surface area contributed by atoms with E-state index in [2.05, 4.69) is 17.1 Å². The first kappa shape index (κ1) is 16.6. The van der Waals surface area contributed by atoms with Gasteiger partial charge in [0.15, 0.2) is 0 Å². The molecule has 1 aromatic carbocycles. The Balaban J connectivity index is 2.35. The van der Waals surface area contributed by atoms with Gasteiger partial charge in [0, 0.05) is 29.7 Å². The van der Waals surface area contributed by atoms with E-state index in [1.165, 1.54) is 0 Å². The zero-order valence-electron chi connectivity index (χ0n) is 12.4. The van der Waals surface area contributed by atoms with Crippen LogP contribution in [0, 0.1) is 0 Å². The molecule has 0 fully saturated rings. The first-order valence-electron chi connectivity index (χ1n) is 6.99. The Hall–Kier alpha value is -1.77. The van der Waals surface area contributed by atoms with Gasteiger partial charge in [-0.1, -0.05) is 47.5 Å². The summed E-state index contributed by atoms with van der Waals surface area (Å²) < 4.78 is 0. The van der Waals surface area contributed by atoms with Crippen molar-refractivity contribution in [2.45, 2.75) is 12.8 Å². The van der Waals surface area contributed by atoms with Crippen LogP contribution in [0.25, 0.3) is 11.1 Å². The first-order valence-corrected chi connectivity index (χ1v) is 7.75. The molecule has 0 aliphatic heterocycles. The normalized spacial score (nSPS) is 16.1. The Kier molecular flexibility index (Phi) is 6.05. The lowest BCUT2D eigenvalue weighted by Gasteiger charge is -2.09. The molecule has 0 amide bonds. The molecular weight excluding hydrogens is 315 g/mol. The van der Waals surface area contributed by atoms with Gasteiger partial charge in [0.25, 0.3) is 0 Å². The number of halogens is 2. The zero-order valence-corrected chi connectivity index (χ0v) is 13.9. The van der Waals surface area contributed by atoms with Crippen LogP contribution < -0.4 is 5.73 Å². The minimum Gasteiger partial charge on any atom is -0.404 e. The van der Waals surface area contributed by atoms with E-state index in [-0.39, 0.29) is 0 Å².